The summed E-state index contributed by atoms with van der Waals surface area (Å²) in [6.45, 7) is 7.23. The van der Waals surface area contributed by atoms with Gasteiger partial charge in [0.2, 0.25) is 0 Å². The van der Waals surface area contributed by atoms with E-state index in [2.05, 4.69) is 19.2 Å². The van der Waals surface area contributed by atoms with Gasteiger partial charge in [-0.05, 0) is 38.0 Å². The predicted octanol–water partition coefficient (Wildman–Crippen LogP) is 2.35. The molecule has 2 fully saturated rings. The Hall–Kier alpha value is -0.160. The highest BCUT2D eigenvalue weighted by atomic mass is 16.5. The van der Waals surface area contributed by atoms with Crippen LogP contribution in [0.3, 0.4) is 0 Å². The lowest BCUT2D eigenvalue weighted by Gasteiger charge is -2.31. The molecular weight excluding hydrogens is 266 g/mol. The monoisotopic (exact) mass is 299 g/mol. The Labute approximate surface area is 129 Å². The van der Waals surface area contributed by atoms with Crippen LogP contribution in [0.1, 0.15) is 52.4 Å². The summed E-state index contributed by atoms with van der Waals surface area (Å²) in [6, 6.07) is 0.403. The molecule has 5 atom stereocenters. The van der Waals surface area contributed by atoms with E-state index in [0.29, 0.717) is 37.1 Å². The first-order valence-corrected chi connectivity index (χ1v) is 8.81. The first kappa shape index (κ1) is 17.2. The van der Waals surface area contributed by atoms with Crippen LogP contribution < -0.4 is 5.32 Å². The summed E-state index contributed by atoms with van der Waals surface area (Å²) in [4.78, 5) is 0. The lowest BCUT2D eigenvalue weighted by Crippen LogP contribution is -2.41. The zero-order chi connectivity index (χ0) is 15.1. The average molecular weight is 299 g/mol. The Kier molecular flexibility index (Phi) is 7.44. The third-order valence-corrected chi connectivity index (χ3v) is 5.21. The van der Waals surface area contributed by atoms with Crippen LogP contribution >= 0.6 is 0 Å². The van der Waals surface area contributed by atoms with E-state index in [1.165, 1.54) is 25.7 Å². The molecule has 5 unspecified atom stereocenters. The molecule has 0 spiro atoms. The van der Waals surface area contributed by atoms with Gasteiger partial charge in [0, 0.05) is 19.2 Å². The molecule has 124 valence electrons. The van der Waals surface area contributed by atoms with E-state index >= 15 is 0 Å². The van der Waals surface area contributed by atoms with Gasteiger partial charge in [0.15, 0.2) is 0 Å². The smallest absolute Gasteiger partial charge is 0.0897 e. The maximum atomic E-state index is 10.1. The number of hydrogen-bond donors (Lipinski definition) is 2. The highest BCUT2D eigenvalue weighted by molar-refractivity contribution is 4.78. The molecule has 2 rings (SSSR count). The van der Waals surface area contributed by atoms with Crippen LogP contribution in [0.5, 0.6) is 0 Å². The number of nitrogens with one attached hydrogen (secondary N) is 1. The fourth-order valence-electron chi connectivity index (χ4n) is 3.59. The van der Waals surface area contributed by atoms with Gasteiger partial charge < -0.3 is 19.9 Å². The van der Waals surface area contributed by atoms with E-state index in [9.17, 15) is 5.11 Å². The summed E-state index contributed by atoms with van der Waals surface area (Å²) in [5.74, 6) is 1.27. The van der Waals surface area contributed by atoms with Crippen molar-refractivity contribution in [2.75, 3.05) is 26.4 Å². The summed E-state index contributed by atoms with van der Waals surface area (Å²) in [5.41, 5.74) is 0. The normalized spacial score (nSPS) is 33.0. The van der Waals surface area contributed by atoms with Crippen molar-refractivity contribution < 1.29 is 14.6 Å². The molecule has 1 saturated carbocycles. The van der Waals surface area contributed by atoms with Gasteiger partial charge in [-0.1, -0.05) is 26.2 Å². The molecule has 0 amide bonds. The van der Waals surface area contributed by atoms with Crippen molar-refractivity contribution in [3.63, 3.8) is 0 Å². The van der Waals surface area contributed by atoms with E-state index < -0.39 is 6.10 Å². The Bertz CT molecular complexity index is 281. The topological polar surface area (TPSA) is 50.7 Å². The van der Waals surface area contributed by atoms with Gasteiger partial charge >= 0.3 is 0 Å². The lowest BCUT2D eigenvalue weighted by atomic mass is 9.85. The summed E-state index contributed by atoms with van der Waals surface area (Å²) >= 11 is 0. The third-order valence-electron chi connectivity index (χ3n) is 5.21. The van der Waals surface area contributed by atoms with Crippen molar-refractivity contribution in [3.8, 4) is 0 Å². The van der Waals surface area contributed by atoms with Crippen molar-refractivity contribution in [2.24, 2.45) is 11.8 Å². The number of hydrogen-bond acceptors (Lipinski definition) is 4. The molecular formula is C17H33NO3. The SMILES string of the molecule is CCC1CCCCC1OCC(O)CNC(C)C1CCOC1. The average Bonchev–Trinajstić information content (AvgIpc) is 3.05. The Balaban J connectivity index is 1.61. The highest BCUT2D eigenvalue weighted by Crippen LogP contribution is 2.29. The van der Waals surface area contributed by atoms with Crippen LogP contribution in [0.15, 0.2) is 0 Å². The van der Waals surface area contributed by atoms with Crippen LogP contribution in [-0.2, 0) is 9.47 Å². The fourth-order valence-corrected chi connectivity index (χ4v) is 3.59. The van der Waals surface area contributed by atoms with Gasteiger partial charge in [-0.15, -0.1) is 0 Å². The lowest BCUT2D eigenvalue weighted by molar-refractivity contribution is -0.0505. The maximum absolute atomic E-state index is 10.1. The maximum Gasteiger partial charge on any atom is 0.0897 e. The Morgan fingerprint density at radius 2 is 2.10 bits per heavy atom. The van der Waals surface area contributed by atoms with Gasteiger partial charge in [0.25, 0.3) is 0 Å². The zero-order valence-corrected chi connectivity index (χ0v) is 13.7. The first-order chi connectivity index (χ1) is 10.2. The minimum atomic E-state index is -0.408. The second kappa shape index (κ2) is 9.09. The number of aliphatic hydroxyl groups is 1. The second-order valence-electron chi connectivity index (χ2n) is 6.80. The molecule has 0 radical (unpaired) electrons. The molecule has 0 bridgehead atoms. The van der Waals surface area contributed by atoms with Crippen LogP contribution in [0, 0.1) is 11.8 Å². The molecule has 1 saturated heterocycles. The standard InChI is InChI=1S/C17H33NO3/c1-3-14-6-4-5-7-17(14)21-12-16(19)10-18-13(2)15-8-9-20-11-15/h13-19H,3-12H2,1-2H3. The Morgan fingerprint density at radius 1 is 1.29 bits per heavy atom. The van der Waals surface area contributed by atoms with E-state index in [1.54, 1.807) is 0 Å². The molecule has 21 heavy (non-hydrogen) atoms. The van der Waals surface area contributed by atoms with Gasteiger partial charge in [0.1, 0.15) is 0 Å². The number of aliphatic hydroxyl groups excluding tert-OH is 1. The van der Waals surface area contributed by atoms with Crippen molar-refractivity contribution in [2.45, 2.75) is 70.6 Å². The molecule has 0 aromatic heterocycles. The van der Waals surface area contributed by atoms with Gasteiger partial charge in [-0.3, -0.25) is 0 Å². The molecule has 0 aromatic rings. The van der Waals surface area contributed by atoms with Crippen molar-refractivity contribution in [3.05, 3.63) is 0 Å². The molecule has 2 aliphatic rings. The Morgan fingerprint density at radius 3 is 2.81 bits per heavy atom. The van der Waals surface area contributed by atoms with Crippen molar-refractivity contribution in [1.29, 1.82) is 0 Å². The van der Waals surface area contributed by atoms with Crippen molar-refractivity contribution in [1.82, 2.24) is 5.32 Å². The van der Waals surface area contributed by atoms with Gasteiger partial charge in [-0.25, -0.2) is 0 Å². The first-order valence-electron chi connectivity index (χ1n) is 8.81. The van der Waals surface area contributed by atoms with Crippen LogP contribution in [0.4, 0.5) is 0 Å². The molecule has 1 heterocycles. The van der Waals surface area contributed by atoms with Crippen LogP contribution in [-0.4, -0.2) is 49.7 Å². The molecule has 2 N–H and O–H groups in total. The van der Waals surface area contributed by atoms with Crippen LogP contribution in [0.25, 0.3) is 0 Å². The molecule has 1 aliphatic carbocycles. The van der Waals surface area contributed by atoms with E-state index in [4.69, 9.17) is 9.47 Å². The summed E-state index contributed by atoms with van der Waals surface area (Å²) in [5, 5.41) is 13.5. The predicted molar refractivity (Wildman–Crippen MR) is 84.4 cm³/mol. The fraction of sp³-hybridized carbons (Fsp3) is 1.00. The quantitative estimate of drug-likeness (QED) is 0.722. The minimum Gasteiger partial charge on any atom is -0.389 e. The summed E-state index contributed by atoms with van der Waals surface area (Å²) < 4.78 is 11.4. The van der Waals surface area contributed by atoms with Gasteiger partial charge in [-0.2, -0.15) is 0 Å². The summed E-state index contributed by atoms with van der Waals surface area (Å²) in [6.07, 6.45) is 7.33. The largest absolute Gasteiger partial charge is 0.389 e. The van der Waals surface area contributed by atoms with E-state index in [-0.39, 0.29) is 0 Å². The van der Waals surface area contributed by atoms with E-state index in [0.717, 1.165) is 26.1 Å². The van der Waals surface area contributed by atoms with Crippen LogP contribution in [0.2, 0.25) is 0 Å². The zero-order valence-electron chi connectivity index (χ0n) is 13.7. The second-order valence-corrected chi connectivity index (χ2v) is 6.80. The van der Waals surface area contributed by atoms with Gasteiger partial charge in [0.05, 0.1) is 25.4 Å². The molecule has 1 aliphatic heterocycles. The minimum absolute atomic E-state index is 0.360. The number of ether oxygens (including phenoxy) is 2. The summed E-state index contributed by atoms with van der Waals surface area (Å²) in [7, 11) is 0. The van der Waals surface area contributed by atoms with E-state index in [1.807, 2.05) is 0 Å². The molecule has 0 aromatic carbocycles. The molecule has 4 heteroatoms. The molecule has 4 nitrogen and oxygen atoms in total. The third kappa shape index (κ3) is 5.51. The van der Waals surface area contributed by atoms with Crippen molar-refractivity contribution >= 4 is 0 Å². The highest BCUT2D eigenvalue weighted by Gasteiger charge is 2.25. The number of rotatable bonds is 8.